The fraction of sp³-hybridized carbons (Fsp3) is 0.406. The van der Waals surface area contributed by atoms with Crippen LogP contribution in [0.15, 0.2) is 59.9 Å². The Hall–Kier alpha value is -3.47. The van der Waals surface area contributed by atoms with Gasteiger partial charge in [0.1, 0.15) is 0 Å². The molecule has 0 spiro atoms. The van der Waals surface area contributed by atoms with Crippen LogP contribution in [0.1, 0.15) is 68.2 Å². The molecule has 0 fully saturated rings. The van der Waals surface area contributed by atoms with E-state index in [0.29, 0.717) is 30.6 Å². The van der Waals surface area contributed by atoms with Crippen molar-refractivity contribution < 1.29 is 9.90 Å². The Bertz CT molecular complexity index is 1290. The molecular weight excluding hydrogens is 458 g/mol. The Labute approximate surface area is 220 Å². The van der Waals surface area contributed by atoms with Crippen molar-refractivity contribution in [1.29, 1.82) is 0 Å². The highest BCUT2D eigenvalue weighted by molar-refractivity contribution is 5.98. The third kappa shape index (κ3) is 5.76. The first-order valence-electron chi connectivity index (χ1n) is 13.7. The molecule has 0 saturated heterocycles. The van der Waals surface area contributed by atoms with Crippen LogP contribution >= 0.6 is 0 Å². The number of anilines is 1. The van der Waals surface area contributed by atoms with Gasteiger partial charge in [-0.25, -0.2) is 9.97 Å². The van der Waals surface area contributed by atoms with Gasteiger partial charge in [0.2, 0.25) is 0 Å². The Morgan fingerprint density at radius 2 is 1.41 bits per heavy atom. The quantitative estimate of drug-likeness (QED) is 0.315. The molecule has 0 saturated carbocycles. The summed E-state index contributed by atoms with van der Waals surface area (Å²) in [6.07, 6.45) is 7.98. The molecule has 3 aromatic rings. The van der Waals surface area contributed by atoms with Crippen LogP contribution in [-0.2, 0) is 11.2 Å². The van der Waals surface area contributed by atoms with Crippen molar-refractivity contribution in [2.24, 2.45) is 0 Å². The summed E-state index contributed by atoms with van der Waals surface area (Å²) in [7, 11) is 0. The van der Waals surface area contributed by atoms with E-state index in [0.717, 1.165) is 85.6 Å². The van der Waals surface area contributed by atoms with Crippen LogP contribution in [0.4, 0.5) is 5.82 Å². The minimum Gasteiger partial charge on any atom is -0.512 e. The first-order chi connectivity index (χ1) is 18.0. The predicted octanol–water partition coefficient (Wildman–Crippen LogP) is 7.31. The van der Waals surface area contributed by atoms with Gasteiger partial charge in [-0.05, 0) is 46.0 Å². The maximum atomic E-state index is 11.9. The first kappa shape index (κ1) is 25.2. The zero-order valence-electron chi connectivity index (χ0n) is 22.1. The predicted molar refractivity (Wildman–Crippen MR) is 150 cm³/mol. The lowest BCUT2D eigenvalue weighted by Gasteiger charge is -2.30. The standard InChI is InChI=1S/C32H37N3O2/c1-22-10-14-24(15-11-22)30-31(25-16-12-23(2)13-17-25)34-32-27(33-30)9-7-21-35(32)20-6-4-3-5-8-26-28(36)18-19-29(26)37/h10-17,36H,3-9,18-21H2,1-2H3. The fourth-order valence-corrected chi connectivity index (χ4v) is 5.40. The maximum absolute atomic E-state index is 11.9. The van der Waals surface area contributed by atoms with Gasteiger partial charge in [0.15, 0.2) is 11.6 Å². The molecule has 5 rings (SSSR count). The Morgan fingerprint density at radius 1 is 0.784 bits per heavy atom. The number of carbonyl (C=O) groups excluding carboxylic acids is 1. The van der Waals surface area contributed by atoms with Crippen molar-refractivity contribution in [2.45, 2.75) is 71.6 Å². The molecule has 1 aliphatic heterocycles. The summed E-state index contributed by atoms with van der Waals surface area (Å²) in [5, 5.41) is 9.89. The molecule has 0 radical (unpaired) electrons. The molecule has 2 heterocycles. The van der Waals surface area contributed by atoms with E-state index in [9.17, 15) is 9.90 Å². The average molecular weight is 496 g/mol. The average Bonchev–Trinajstić information content (AvgIpc) is 3.23. The van der Waals surface area contributed by atoms with E-state index in [-0.39, 0.29) is 5.78 Å². The third-order valence-corrected chi connectivity index (χ3v) is 7.62. The molecule has 37 heavy (non-hydrogen) atoms. The van der Waals surface area contributed by atoms with Gasteiger partial charge < -0.3 is 10.0 Å². The van der Waals surface area contributed by atoms with Gasteiger partial charge in [-0.2, -0.15) is 0 Å². The lowest BCUT2D eigenvalue weighted by molar-refractivity contribution is -0.115. The van der Waals surface area contributed by atoms with Crippen LogP contribution in [-0.4, -0.2) is 33.9 Å². The number of fused-ring (bicyclic) bond motifs is 1. The number of Topliss-reactive ketones (excluding diaryl/α,β-unsaturated/α-hetero) is 1. The van der Waals surface area contributed by atoms with E-state index in [4.69, 9.17) is 9.97 Å². The van der Waals surface area contributed by atoms with Gasteiger partial charge in [0.05, 0.1) is 22.8 Å². The van der Waals surface area contributed by atoms with Crippen LogP contribution in [0.5, 0.6) is 0 Å². The number of unbranched alkanes of at least 4 members (excludes halogenated alkanes) is 3. The molecule has 5 nitrogen and oxygen atoms in total. The van der Waals surface area contributed by atoms with E-state index < -0.39 is 0 Å². The number of carbonyl (C=O) groups is 1. The van der Waals surface area contributed by atoms with E-state index >= 15 is 0 Å². The number of ketones is 1. The van der Waals surface area contributed by atoms with Gasteiger partial charge in [-0.1, -0.05) is 72.5 Å². The van der Waals surface area contributed by atoms with Gasteiger partial charge in [0.25, 0.3) is 0 Å². The monoisotopic (exact) mass is 495 g/mol. The number of benzene rings is 2. The molecule has 2 aliphatic rings. The SMILES string of the molecule is Cc1ccc(-c2nc3c(nc2-c2ccc(C)cc2)N(CCCCCCC2=C(O)CCC2=O)CCC3)cc1. The number of allylic oxidation sites excluding steroid dienone is 2. The molecule has 2 aromatic carbocycles. The van der Waals surface area contributed by atoms with Crippen LogP contribution in [0.2, 0.25) is 0 Å². The summed E-state index contributed by atoms with van der Waals surface area (Å²) in [6.45, 7) is 6.19. The summed E-state index contributed by atoms with van der Waals surface area (Å²) in [6, 6.07) is 17.2. The Kier molecular flexibility index (Phi) is 7.68. The minimum atomic E-state index is 0.135. The van der Waals surface area contributed by atoms with Crippen molar-refractivity contribution >= 4 is 11.6 Å². The molecule has 0 atom stereocenters. The number of aryl methyl sites for hydroxylation is 3. The molecule has 0 unspecified atom stereocenters. The molecule has 0 bridgehead atoms. The second kappa shape index (κ2) is 11.3. The van der Waals surface area contributed by atoms with Gasteiger partial charge in [0, 0.05) is 42.6 Å². The Morgan fingerprint density at radius 3 is 2.03 bits per heavy atom. The van der Waals surface area contributed by atoms with Crippen LogP contribution in [0.3, 0.4) is 0 Å². The molecule has 192 valence electrons. The zero-order chi connectivity index (χ0) is 25.8. The maximum Gasteiger partial charge on any atom is 0.162 e. The number of nitrogens with zero attached hydrogens (tertiary/aromatic N) is 3. The summed E-state index contributed by atoms with van der Waals surface area (Å²) in [5.41, 5.74) is 8.36. The van der Waals surface area contributed by atoms with Crippen LogP contribution in [0.25, 0.3) is 22.5 Å². The molecule has 1 aliphatic carbocycles. The molecule has 1 aromatic heterocycles. The number of aliphatic hydroxyl groups excluding tert-OH is 1. The summed E-state index contributed by atoms with van der Waals surface area (Å²) in [5.74, 6) is 1.49. The number of rotatable bonds is 9. The van der Waals surface area contributed by atoms with E-state index in [2.05, 4.69) is 67.3 Å². The van der Waals surface area contributed by atoms with Gasteiger partial charge in [-0.3, -0.25) is 4.79 Å². The fourth-order valence-electron chi connectivity index (χ4n) is 5.40. The molecular formula is C32H37N3O2. The molecule has 5 heteroatoms. The second-order valence-electron chi connectivity index (χ2n) is 10.5. The topological polar surface area (TPSA) is 66.3 Å². The van der Waals surface area contributed by atoms with Crippen molar-refractivity contribution in [3.8, 4) is 22.5 Å². The van der Waals surface area contributed by atoms with E-state index in [1.165, 1.54) is 11.1 Å². The van der Waals surface area contributed by atoms with Crippen LogP contribution < -0.4 is 4.90 Å². The van der Waals surface area contributed by atoms with Crippen molar-refractivity contribution in [2.75, 3.05) is 18.0 Å². The van der Waals surface area contributed by atoms with Crippen molar-refractivity contribution in [3.05, 3.63) is 76.7 Å². The summed E-state index contributed by atoms with van der Waals surface area (Å²) >= 11 is 0. The number of aliphatic hydroxyl groups is 1. The minimum absolute atomic E-state index is 0.135. The van der Waals surface area contributed by atoms with E-state index in [1.807, 2.05) is 0 Å². The summed E-state index contributed by atoms with van der Waals surface area (Å²) < 4.78 is 0. The lowest BCUT2D eigenvalue weighted by atomic mass is 10.0. The first-order valence-corrected chi connectivity index (χ1v) is 13.7. The van der Waals surface area contributed by atoms with Crippen molar-refractivity contribution in [1.82, 2.24) is 9.97 Å². The summed E-state index contributed by atoms with van der Waals surface area (Å²) in [4.78, 5) is 24.8. The van der Waals surface area contributed by atoms with Crippen LogP contribution in [0, 0.1) is 13.8 Å². The number of aromatic nitrogens is 2. The highest BCUT2D eigenvalue weighted by atomic mass is 16.3. The normalized spacial score (nSPS) is 15.4. The second-order valence-corrected chi connectivity index (χ2v) is 10.5. The smallest absolute Gasteiger partial charge is 0.162 e. The van der Waals surface area contributed by atoms with Crippen molar-refractivity contribution in [3.63, 3.8) is 0 Å². The largest absolute Gasteiger partial charge is 0.512 e. The van der Waals surface area contributed by atoms with E-state index in [1.54, 1.807) is 0 Å². The third-order valence-electron chi connectivity index (χ3n) is 7.62. The van der Waals surface area contributed by atoms with Gasteiger partial charge >= 0.3 is 0 Å². The zero-order valence-corrected chi connectivity index (χ0v) is 22.1. The lowest BCUT2D eigenvalue weighted by Crippen LogP contribution is -2.32. The number of hydrogen-bond acceptors (Lipinski definition) is 5. The molecule has 0 amide bonds. The molecule has 1 N–H and O–H groups in total. The highest BCUT2D eigenvalue weighted by Crippen LogP contribution is 2.35. The highest BCUT2D eigenvalue weighted by Gasteiger charge is 2.24. The Balaban J connectivity index is 1.31. The van der Waals surface area contributed by atoms with Gasteiger partial charge in [-0.15, -0.1) is 0 Å². The number of hydrogen-bond donors (Lipinski definition) is 1.